The highest BCUT2D eigenvalue weighted by Crippen LogP contribution is 2.15. The summed E-state index contributed by atoms with van der Waals surface area (Å²) < 4.78 is 7.09. The number of methoxy groups -OCH3 is 1. The molecular formula is C17H34IN7O. The highest BCUT2D eigenvalue weighted by Gasteiger charge is 2.22. The number of aryl methyl sites for hydroxylation is 1. The van der Waals surface area contributed by atoms with Gasteiger partial charge >= 0.3 is 0 Å². The molecule has 2 rings (SSSR count). The van der Waals surface area contributed by atoms with Crippen molar-refractivity contribution in [1.29, 1.82) is 0 Å². The van der Waals surface area contributed by atoms with Gasteiger partial charge < -0.3 is 19.9 Å². The summed E-state index contributed by atoms with van der Waals surface area (Å²) in [7, 11) is 3.69. The number of hydrogen-bond donors (Lipinski definition) is 2. The van der Waals surface area contributed by atoms with Gasteiger partial charge in [0.15, 0.2) is 11.8 Å². The summed E-state index contributed by atoms with van der Waals surface area (Å²) in [5.41, 5.74) is 0. The second-order valence-corrected chi connectivity index (χ2v) is 6.47. The molecule has 0 bridgehead atoms. The van der Waals surface area contributed by atoms with Crippen LogP contribution in [-0.4, -0.2) is 71.6 Å². The van der Waals surface area contributed by atoms with E-state index < -0.39 is 0 Å². The van der Waals surface area contributed by atoms with Crippen LogP contribution in [0.2, 0.25) is 0 Å². The smallest absolute Gasteiger partial charge is 0.191 e. The molecule has 0 radical (unpaired) electrons. The Labute approximate surface area is 174 Å². The quantitative estimate of drug-likeness (QED) is 0.241. The van der Waals surface area contributed by atoms with Crippen LogP contribution in [0.4, 0.5) is 0 Å². The second-order valence-electron chi connectivity index (χ2n) is 6.47. The molecule has 0 saturated carbocycles. The van der Waals surface area contributed by atoms with E-state index >= 15 is 0 Å². The molecule has 1 unspecified atom stereocenters. The van der Waals surface area contributed by atoms with Crippen molar-refractivity contribution in [2.45, 2.75) is 45.7 Å². The van der Waals surface area contributed by atoms with E-state index in [1.165, 1.54) is 19.4 Å². The molecule has 1 atom stereocenters. The fourth-order valence-electron chi connectivity index (χ4n) is 3.09. The Kier molecular flexibility index (Phi) is 11.1. The lowest BCUT2D eigenvalue weighted by Gasteiger charge is -2.24. The van der Waals surface area contributed by atoms with Crippen LogP contribution >= 0.6 is 24.0 Å². The summed E-state index contributed by atoms with van der Waals surface area (Å²) in [6.45, 7) is 9.50. The van der Waals surface area contributed by atoms with Gasteiger partial charge in [-0.3, -0.25) is 4.90 Å². The molecule has 0 aromatic carbocycles. The maximum absolute atomic E-state index is 5.11. The summed E-state index contributed by atoms with van der Waals surface area (Å²) in [5, 5.41) is 15.2. The van der Waals surface area contributed by atoms with Crippen molar-refractivity contribution in [3.05, 3.63) is 11.6 Å². The molecule has 0 spiro atoms. The number of ether oxygens (including phenoxy) is 1. The SMILES string of the molecule is CCN1CCCC1CNC(=NCc1nnc(C)n1C)NCCCOC.I. The Morgan fingerprint density at radius 2 is 2.15 bits per heavy atom. The molecular weight excluding hydrogens is 445 g/mol. The van der Waals surface area contributed by atoms with Crippen molar-refractivity contribution < 1.29 is 4.74 Å². The Morgan fingerprint density at radius 3 is 2.81 bits per heavy atom. The molecule has 9 heteroatoms. The molecule has 0 aliphatic carbocycles. The molecule has 1 aromatic heterocycles. The molecule has 26 heavy (non-hydrogen) atoms. The van der Waals surface area contributed by atoms with Gasteiger partial charge in [-0.2, -0.15) is 0 Å². The molecule has 1 fully saturated rings. The van der Waals surface area contributed by atoms with E-state index in [4.69, 9.17) is 4.74 Å². The Balaban J connectivity index is 0.00000338. The molecule has 0 amide bonds. The van der Waals surface area contributed by atoms with Gasteiger partial charge in [-0.1, -0.05) is 6.92 Å². The normalized spacial score (nSPS) is 18.0. The third-order valence-corrected chi connectivity index (χ3v) is 4.79. The number of rotatable bonds is 9. The standard InChI is InChI=1S/C17H33N7O.HI/c1-5-24-10-6-8-15(24)12-19-17(18-9-7-11-25-4)20-13-16-22-21-14(2)23(16)3;/h15H,5-13H2,1-4H3,(H2,18,19,20);1H. The molecule has 1 saturated heterocycles. The molecule has 8 nitrogen and oxygen atoms in total. The minimum atomic E-state index is 0. The lowest BCUT2D eigenvalue weighted by atomic mass is 10.2. The predicted octanol–water partition coefficient (Wildman–Crippen LogP) is 1.30. The fourth-order valence-corrected chi connectivity index (χ4v) is 3.09. The van der Waals surface area contributed by atoms with Gasteiger partial charge in [-0.05, 0) is 39.3 Å². The number of aromatic nitrogens is 3. The van der Waals surface area contributed by atoms with Crippen LogP contribution in [0.5, 0.6) is 0 Å². The zero-order valence-corrected chi connectivity index (χ0v) is 18.8. The lowest BCUT2D eigenvalue weighted by molar-refractivity contribution is 0.195. The lowest BCUT2D eigenvalue weighted by Crippen LogP contribution is -2.45. The first-order valence-corrected chi connectivity index (χ1v) is 9.25. The van der Waals surface area contributed by atoms with E-state index in [-0.39, 0.29) is 24.0 Å². The van der Waals surface area contributed by atoms with E-state index in [2.05, 4.69) is 37.6 Å². The minimum absolute atomic E-state index is 0. The molecule has 1 aliphatic heterocycles. The van der Waals surface area contributed by atoms with Crippen LogP contribution < -0.4 is 10.6 Å². The Morgan fingerprint density at radius 1 is 1.35 bits per heavy atom. The molecule has 1 aromatic rings. The summed E-state index contributed by atoms with van der Waals surface area (Å²) in [6.07, 6.45) is 3.48. The third kappa shape index (κ3) is 6.99. The van der Waals surface area contributed by atoms with Gasteiger partial charge in [-0.15, -0.1) is 34.2 Å². The van der Waals surface area contributed by atoms with Crippen molar-refractivity contribution in [3.63, 3.8) is 0 Å². The third-order valence-electron chi connectivity index (χ3n) is 4.79. The number of hydrogen-bond acceptors (Lipinski definition) is 5. The van der Waals surface area contributed by atoms with Gasteiger partial charge in [-0.25, -0.2) is 4.99 Å². The van der Waals surface area contributed by atoms with Crippen molar-refractivity contribution in [1.82, 2.24) is 30.3 Å². The van der Waals surface area contributed by atoms with Crippen molar-refractivity contribution >= 4 is 29.9 Å². The van der Waals surface area contributed by atoms with E-state index in [9.17, 15) is 0 Å². The molecule has 2 heterocycles. The van der Waals surface area contributed by atoms with Crippen LogP contribution in [0, 0.1) is 6.92 Å². The van der Waals surface area contributed by atoms with Gasteiger partial charge in [0.05, 0.1) is 0 Å². The number of guanidine groups is 1. The van der Waals surface area contributed by atoms with E-state index in [1.54, 1.807) is 7.11 Å². The van der Waals surface area contributed by atoms with Gasteiger partial charge in [0, 0.05) is 39.9 Å². The fraction of sp³-hybridized carbons (Fsp3) is 0.824. The number of likely N-dealkylation sites (N-methyl/N-ethyl adjacent to an activating group) is 1. The van der Waals surface area contributed by atoms with Gasteiger partial charge in [0.2, 0.25) is 0 Å². The Hall–Kier alpha value is -0.940. The number of nitrogens with one attached hydrogen (secondary N) is 2. The summed E-state index contributed by atoms with van der Waals surface area (Å²) in [5.74, 6) is 2.60. The van der Waals surface area contributed by atoms with E-state index in [1.807, 2.05) is 18.5 Å². The average molecular weight is 479 g/mol. The molecule has 1 aliphatic rings. The predicted molar refractivity (Wildman–Crippen MR) is 115 cm³/mol. The largest absolute Gasteiger partial charge is 0.385 e. The first-order chi connectivity index (χ1) is 12.2. The zero-order valence-electron chi connectivity index (χ0n) is 16.5. The maximum atomic E-state index is 5.11. The highest BCUT2D eigenvalue weighted by atomic mass is 127. The van der Waals surface area contributed by atoms with E-state index in [0.717, 1.165) is 50.3 Å². The first-order valence-electron chi connectivity index (χ1n) is 9.25. The second kappa shape index (κ2) is 12.4. The number of nitrogens with zero attached hydrogens (tertiary/aromatic N) is 5. The summed E-state index contributed by atoms with van der Waals surface area (Å²) in [4.78, 5) is 7.22. The van der Waals surface area contributed by atoms with Gasteiger partial charge in [0.1, 0.15) is 12.4 Å². The van der Waals surface area contributed by atoms with Crippen LogP contribution in [0.1, 0.15) is 37.8 Å². The van der Waals surface area contributed by atoms with Crippen molar-refractivity contribution in [2.75, 3.05) is 39.9 Å². The topological polar surface area (TPSA) is 79.6 Å². The highest BCUT2D eigenvalue weighted by molar-refractivity contribution is 14.0. The zero-order chi connectivity index (χ0) is 18.1. The van der Waals surface area contributed by atoms with Crippen LogP contribution in [0.15, 0.2) is 4.99 Å². The molecule has 2 N–H and O–H groups in total. The number of halogens is 1. The maximum Gasteiger partial charge on any atom is 0.191 e. The van der Waals surface area contributed by atoms with E-state index in [0.29, 0.717) is 12.6 Å². The summed E-state index contributed by atoms with van der Waals surface area (Å²) >= 11 is 0. The number of likely N-dealkylation sites (tertiary alicyclic amines) is 1. The van der Waals surface area contributed by atoms with Crippen LogP contribution in [0.25, 0.3) is 0 Å². The minimum Gasteiger partial charge on any atom is -0.385 e. The summed E-state index contributed by atoms with van der Waals surface area (Å²) in [6, 6.07) is 0.591. The van der Waals surface area contributed by atoms with Crippen LogP contribution in [-0.2, 0) is 18.3 Å². The Bertz CT molecular complexity index is 549. The van der Waals surface area contributed by atoms with Crippen molar-refractivity contribution in [3.8, 4) is 0 Å². The first kappa shape index (κ1) is 23.1. The molecule has 150 valence electrons. The monoisotopic (exact) mass is 479 g/mol. The van der Waals surface area contributed by atoms with Gasteiger partial charge in [0.25, 0.3) is 0 Å². The average Bonchev–Trinajstić information content (AvgIpc) is 3.20. The van der Waals surface area contributed by atoms with Crippen LogP contribution in [0.3, 0.4) is 0 Å². The van der Waals surface area contributed by atoms with Crippen molar-refractivity contribution in [2.24, 2.45) is 12.0 Å². The number of aliphatic imine (C=N–C) groups is 1.